The topological polar surface area (TPSA) is 115 Å². The number of carbonyl (C=O) groups excluding carboxylic acids is 2. The van der Waals surface area contributed by atoms with Crippen LogP contribution in [0, 0.1) is 0 Å². The second-order valence-electron chi connectivity index (χ2n) is 9.46. The summed E-state index contributed by atoms with van der Waals surface area (Å²) in [5.41, 5.74) is 1.49. The number of fused-ring (bicyclic) bond motifs is 1. The number of furan rings is 1. The number of carbonyl (C=O) groups is 2. The second kappa shape index (κ2) is 12.5. The van der Waals surface area contributed by atoms with Crippen LogP contribution in [0.2, 0.25) is 5.02 Å². The molecule has 0 atom stereocenters. The molecule has 5 aromatic rings. The van der Waals surface area contributed by atoms with E-state index in [9.17, 15) is 19.2 Å². The van der Waals surface area contributed by atoms with Gasteiger partial charge in [-0.25, -0.2) is 4.79 Å². The predicted octanol–water partition coefficient (Wildman–Crippen LogP) is 3.75. The Morgan fingerprint density at radius 1 is 0.805 bits per heavy atom. The van der Waals surface area contributed by atoms with Crippen LogP contribution >= 0.6 is 11.6 Å². The van der Waals surface area contributed by atoms with Gasteiger partial charge >= 0.3 is 5.69 Å². The van der Waals surface area contributed by atoms with E-state index >= 15 is 0 Å². The Labute approximate surface area is 240 Å². The fourth-order valence-electron chi connectivity index (χ4n) is 4.48. The van der Waals surface area contributed by atoms with Gasteiger partial charge in [0.2, 0.25) is 5.91 Å². The molecule has 0 radical (unpaired) electrons. The summed E-state index contributed by atoms with van der Waals surface area (Å²) in [6.07, 6.45) is 2.18. The van der Waals surface area contributed by atoms with Gasteiger partial charge in [0.1, 0.15) is 12.3 Å². The SMILES string of the molecule is O=C(Cn1c(=O)n(Cc2ccc(C(=O)NCCc3ccc(Cl)cc3)cc2)c(=O)c2ccccc21)NCc1ccco1. The number of hydrogen-bond acceptors (Lipinski definition) is 5. The molecular formula is C31H27ClN4O5. The maximum absolute atomic E-state index is 13.5. The van der Waals surface area contributed by atoms with Crippen LogP contribution in [0.5, 0.6) is 0 Å². The van der Waals surface area contributed by atoms with Crippen molar-refractivity contribution in [1.29, 1.82) is 0 Å². The Balaban J connectivity index is 1.30. The molecule has 2 N–H and O–H groups in total. The van der Waals surface area contributed by atoms with Gasteiger partial charge in [-0.05, 0) is 66.1 Å². The third-order valence-electron chi connectivity index (χ3n) is 6.64. The van der Waals surface area contributed by atoms with Crippen LogP contribution in [0.1, 0.15) is 27.2 Å². The Kier molecular flexibility index (Phi) is 8.45. The van der Waals surface area contributed by atoms with Gasteiger partial charge in [-0.1, -0.05) is 48.0 Å². The number of rotatable bonds is 10. The smallest absolute Gasteiger partial charge is 0.332 e. The molecule has 0 unspecified atom stereocenters. The Bertz CT molecular complexity index is 1790. The molecule has 5 rings (SSSR count). The lowest BCUT2D eigenvalue weighted by Gasteiger charge is -2.14. The van der Waals surface area contributed by atoms with E-state index in [-0.39, 0.29) is 25.5 Å². The summed E-state index contributed by atoms with van der Waals surface area (Å²) in [6, 6.07) is 24.3. The number of benzene rings is 3. The molecule has 3 aromatic carbocycles. The second-order valence-corrected chi connectivity index (χ2v) is 9.90. The van der Waals surface area contributed by atoms with E-state index in [0.29, 0.717) is 45.8 Å². The molecule has 0 spiro atoms. The number of aromatic nitrogens is 2. The summed E-state index contributed by atoms with van der Waals surface area (Å²) in [6.45, 7) is 0.354. The molecule has 2 heterocycles. The lowest BCUT2D eigenvalue weighted by Crippen LogP contribution is -2.42. The third-order valence-corrected chi connectivity index (χ3v) is 6.90. The quantitative estimate of drug-likeness (QED) is 0.265. The first-order chi connectivity index (χ1) is 19.9. The van der Waals surface area contributed by atoms with Gasteiger partial charge in [-0.3, -0.25) is 23.5 Å². The van der Waals surface area contributed by atoms with Crippen LogP contribution in [-0.2, 0) is 30.8 Å². The number of para-hydroxylation sites is 1. The summed E-state index contributed by atoms with van der Waals surface area (Å²) in [5, 5.41) is 6.60. The Hall–Kier alpha value is -4.89. The van der Waals surface area contributed by atoms with E-state index in [4.69, 9.17) is 16.0 Å². The van der Waals surface area contributed by atoms with Crippen LogP contribution in [0.4, 0.5) is 0 Å². The van der Waals surface area contributed by atoms with Gasteiger partial charge in [0.15, 0.2) is 0 Å². The fraction of sp³-hybridized carbons (Fsp3) is 0.161. The Morgan fingerprint density at radius 2 is 1.54 bits per heavy atom. The van der Waals surface area contributed by atoms with Crippen molar-refractivity contribution in [3.63, 3.8) is 0 Å². The molecule has 0 saturated heterocycles. The first kappa shape index (κ1) is 27.7. The molecule has 208 valence electrons. The van der Waals surface area contributed by atoms with Crippen molar-refractivity contribution in [2.75, 3.05) is 6.54 Å². The van der Waals surface area contributed by atoms with Crippen molar-refractivity contribution >= 4 is 34.3 Å². The largest absolute Gasteiger partial charge is 0.467 e. The molecule has 41 heavy (non-hydrogen) atoms. The summed E-state index contributed by atoms with van der Waals surface area (Å²) in [7, 11) is 0. The van der Waals surface area contributed by atoms with Gasteiger partial charge in [0, 0.05) is 17.1 Å². The highest BCUT2D eigenvalue weighted by atomic mass is 35.5. The molecule has 0 aliphatic heterocycles. The minimum atomic E-state index is -0.606. The highest BCUT2D eigenvalue weighted by Gasteiger charge is 2.16. The molecule has 2 aromatic heterocycles. The van der Waals surface area contributed by atoms with Gasteiger partial charge in [-0.2, -0.15) is 0 Å². The van der Waals surface area contributed by atoms with Gasteiger partial charge in [0.05, 0.1) is 30.3 Å². The van der Waals surface area contributed by atoms with Crippen LogP contribution in [-0.4, -0.2) is 27.5 Å². The van der Waals surface area contributed by atoms with Crippen molar-refractivity contribution in [3.05, 3.63) is 140 Å². The molecule has 2 amide bonds. The van der Waals surface area contributed by atoms with E-state index in [2.05, 4.69) is 10.6 Å². The van der Waals surface area contributed by atoms with E-state index in [0.717, 1.165) is 10.1 Å². The molecule has 9 nitrogen and oxygen atoms in total. The average molecular weight is 571 g/mol. The normalized spacial score (nSPS) is 11.0. The summed E-state index contributed by atoms with van der Waals surface area (Å²) < 4.78 is 7.62. The maximum atomic E-state index is 13.5. The first-order valence-electron chi connectivity index (χ1n) is 13.0. The lowest BCUT2D eigenvalue weighted by molar-refractivity contribution is -0.121. The number of nitrogens with zero attached hydrogens (tertiary/aromatic N) is 2. The van der Waals surface area contributed by atoms with Gasteiger partial charge < -0.3 is 15.1 Å². The van der Waals surface area contributed by atoms with Gasteiger partial charge in [0.25, 0.3) is 11.5 Å². The summed E-state index contributed by atoms with van der Waals surface area (Å²) in [5.74, 6) is -0.0409. The van der Waals surface area contributed by atoms with E-state index < -0.39 is 17.2 Å². The highest BCUT2D eigenvalue weighted by molar-refractivity contribution is 6.30. The molecule has 0 saturated carbocycles. The zero-order chi connectivity index (χ0) is 28.8. The van der Waals surface area contributed by atoms with Crippen molar-refractivity contribution in [2.24, 2.45) is 0 Å². The van der Waals surface area contributed by atoms with Crippen LogP contribution < -0.4 is 21.9 Å². The third kappa shape index (κ3) is 6.64. The molecule has 0 bridgehead atoms. The Morgan fingerprint density at radius 3 is 2.27 bits per heavy atom. The van der Waals surface area contributed by atoms with Crippen LogP contribution in [0.15, 0.2) is 105 Å². The minimum Gasteiger partial charge on any atom is -0.467 e. The molecule has 10 heteroatoms. The fourth-order valence-corrected chi connectivity index (χ4v) is 4.61. The van der Waals surface area contributed by atoms with Crippen molar-refractivity contribution in [3.8, 4) is 0 Å². The van der Waals surface area contributed by atoms with Crippen LogP contribution in [0.25, 0.3) is 10.9 Å². The zero-order valence-corrected chi connectivity index (χ0v) is 22.8. The number of hydrogen-bond donors (Lipinski definition) is 2. The standard InChI is InChI=1S/C31H27ClN4O5/c32-24-13-9-21(10-14-24)15-16-33-29(38)23-11-7-22(8-12-23)19-36-30(39)26-5-1-2-6-27(26)35(31(36)40)20-28(37)34-18-25-4-3-17-41-25/h1-14,17H,15-16,18-20H2,(H,33,38)(H,34,37). The van der Waals surface area contributed by atoms with E-state index in [1.54, 1.807) is 60.7 Å². The van der Waals surface area contributed by atoms with Gasteiger partial charge in [-0.15, -0.1) is 0 Å². The van der Waals surface area contributed by atoms with E-state index in [1.165, 1.54) is 10.8 Å². The predicted molar refractivity (Wildman–Crippen MR) is 156 cm³/mol. The lowest BCUT2D eigenvalue weighted by atomic mass is 10.1. The first-order valence-corrected chi connectivity index (χ1v) is 13.4. The molecule has 0 fully saturated rings. The summed E-state index contributed by atoms with van der Waals surface area (Å²) >= 11 is 5.91. The average Bonchev–Trinajstić information content (AvgIpc) is 3.51. The number of nitrogens with one attached hydrogen (secondary N) is 2. The summed E-state index contributed by atoms with van der Waals surface area (Å²) in [4.78, 5) is 52.0. The monoisotopic (exact) mass is 570 g/mol. The number of halogens is 1. The van der Waals surface area contributed by atoms with Crippen molar-refractivity contribution in [1.82, 2.24) is 19.8 Å². The zero-order valence-electron chi connectivity index (χ0n) is 22.0. The molecule has 0 aliphatic carbocycles. The van der Waals surface area contributed by atoms with Crippen molar-refractivity contribution in [2.45, 2.75) is 26.1 Å². The van der Waals surface area contributed by atoms with Crippen molar-refractivity contribution < 1.29 is 14.0 Å². The highest BCUT2D eigenvalue weighted by Crippen LogP contribution is 2.11. The van der Waals surface area contributed by atoms with Crippen LogP contribution in [0.3, 0.4) is 0 Å². The maximum Gasteiger partial charge on any atom is 0.332 e. The minimum absolute atomic E-state index is 0.0189. The molecule has 0 aliphatic rings. The number of amides is 2. The van der Waals surface area contributed by atoms with E-state index in [1.807, 2.05) is 24.3 Å². The molecular weight excluding hydrogens is 544 g/mol.